The van der Waals surface area contributed by atoms with Gasteiger partial charge in [0.1, 0.15) is 5.01 Å². The molecular formula is C13H15N3O3S2. The highest BCUT2D eigenvalue weighted by Gasteiger charge is 2.17. The van der Waals surface area contributed by atoms with E-state index < -0.39 is 10.0 Å². The maximum absolute atomic E-state index is 12.1. The van der Waals surface area contributed by atoms with Gasteiger partial charge in [-0.2, -0.15) is 0 Å². The van der Waals surface area contributed by atoms with E-state index in [1.807, 2.05) is 12.1 Å². The first-order chi connectivity index (χ1) is 9.77. The summed E-state index contributed by atoms with van der Waals surface area (Å²) in [5.41, 5.74) is 1.71. The van der Waals surface area contributed by atoms with Crippen LogP contribution in [0.1, 0.15) is 40.7 Å². The third-order valence-electron chi connectivity index (χ3n) is 2.90. The first-order valence-corrected chi connectivity index (χ1v) is 8.62. The molecule has 2 rings (SSSR count). The summed E-state index contributed by atoms with van der Waals surface area (Å²) in [6.45, 7) is 4.15. The van der Waals surface area contributed by atoms with Gasteiger partial charge in [0, 0.05) is 5.56 Å². The summed E-state index contributed by atoms with van der Waals surface area (Å²) in [4.78, 5) is 12.1. The number of Topliss-reactive ketones (excluding diaryl/α,β-unsaturated/α-hetero) is 1. The summed E-state index contributed by atoms with van der Waals surface area (Å²) >= 11 is 0.815. The molecule has 0 fully saturated rings. The zero-order valence-corrected chi connectivity index (χ0v) is 13.2. The Morgan fingerprint density at radius 1 is 1.24 bits per heavy atom. The van der Waals surface area contributed by atoms with Gasteiger partial charge in [-0.25, -0.2) is 13.6 Å². The molecule has 0 aliphatic rings. The number of benzene rings is 1. The maximum Gasteiger partial charge on any atom is 0.267 e. The predicted molar refractivity (Wildman–Crippen MR) is 79.8 cm³/mol. The van der Waals surface area contributed by atoms with Crippen molar-refractivity contribution in [2.45, 2.75) is 30.5 Å². The molecule has 0 unspecified atom stereocenters. The summed E-state index contributed by atoms with van der Waals surface area (Å²) in [6, 6.07) is 7.35. The summed E-state index contributed by atoms with van der Waals surface area (Å²) in [6.07, 6.45) is 0.00815. The van der Waals surface area contributed by atoms with Crippen molar-refractivity contribution >= 4 is 27.1 Å². The highest BCUT2D eigenvalue weighted by atomic mass is 32.2. The fourth-order valence-corrected chi connectivity index (χ4v) is 3.19. The predicted octanol–water partition coefficient (Wildman–Crippen LogP) is 1.73. The number of hydrogen-bond acceptors (Lipinski definition) is 6. The largest absolute Gasteiger partial charge is 0.294 e. The lowest BCUT2D eigenvalue weighted by atomic mass is 10.00. The van der Waals surface area contributed by atoms with E-state index in [-0.39, 0.29) is 16.5 Å². The molecule has 2 N–H and O–H groups in total. The molecule has 6 nitrogen and oxygen atoms in total. The number of carbonyl (C=O) groups is 1. The van der Waals surface area contributed by atoms with Crippen molar-refractivity contribution in [2.75, 3.05) is 0 Å². The van der Waals surface area contributed by atoms with Gasteiger partial charge in [0.2, 0.25) is 4.34 Å². The van der Waals surface area contributed by atoms with Crippen LogP contribution in [0, 0.1) is 0 Å². The fraction of sp³-hybridized carbons (Fsp3) is 0.308. The first-order valence-electron chi connectivity index (χ1n) is 6.25. The molecule has 0 radical (unpaired) electrons. The van der Waals surface area contributed by atoms with Crippen LogP contribution >= 0.6 is 11.3 Å². The lowest BCUT2D eigenvalue weighted by Crippen LogP contribution is -2.11. The Morgan fingerprint density at radius 2 is 1.86 bits per heavy atom. The maximum atomic E-state index is 12.1. The van der Waals surface area contributed by atoms with Crippen LogP contribution in [0.15, 0.2) is 28.6 Å². The molecule has 0 spiro atoms. The minimum atomic E-state index is -3.86. The average molecular weight is 325 g/mol. The Balaban J connectivity index is 2.12. The Labute approximate surface area is 127 Å². The molecule has 0 atom stereocenters. The summed E-state index contributed by atoms with van der Waals surface area (Å²) in [5.74, 6) is 0.261. The van der Waals surface area contributed by atoms with Crippen molar-refractivity contribution in [3.63, 3.8) is 0 Å². The third-order valence-corrected chi connectivity index (χ3v) is 5.14. The van der Waals surface area contributed by atoms with Crippen molar-refractivity contribution in [3.8, 4) is 0 Å². The van der Waals surface area contributed by atoms with Gasteiger partial charge < -0.3 is 0 Å². The summed E-state index contributed by atoms with van der Waals surface area (Å²) < 4.78 is 21.9. The van der Waals surface area contributed by atoms with Gasteiger partial charge in [-0.15, -0.1) is 10.2 Å². The molecule has 0 saturated heterocycles. The zero-order chi connectivity index (χ0) is 15.6. The molecule has 1 aromatic heterocycles. The number of carbonyl (C=O) groups excluding carboxylic acids is 1. The highest BCUT2D eigenvalue weighted by molar-refractivity contribution is 7.91. The fourth-order valence-electron chi connectivity index (χ4n) is 1.72. The monoisotopic (exact) mass is 325 g/mol. The van der Waals surface area contributed by atoms with Crippen LogP contribution in [0.3, 0.4) is 0 Å². The minimum absolute atomic E-state index is 0.00815. The highest BCUT2D eigenvalue weighted by Crippen LogP contribution is 2.18. The molecule has 8 heteroatoms. The van der Waals surface area contributed by atoms with Crippen LogP contribution in [-0.2, 0) is 16.4 Å². The van der Waals surface area contributed by atoms with Crippen molar-refractivity contribution in [2.24, 2.45) is 5.14 Å². The van der Waals surface area contributed by atoms with Gasteiger partial charge in [-0.3, -0.25) is 4.79 Å². The van der Waals surface area contributed by atoms with E-state index in [0.29, 0.717) is 16.5 Å². The first kappa shape index (κ1) is 15.7. The van der Waals surface area contributed by atoms with Crippen molar-refractivity contribution in [1.82, 2.24) is 10.2 Å². The minimum Gasteiger partial charge on any atom is -0.294 e. The SMILES string of the molecule is CC(C)c1ccc(C(=O)Cc2nnc(S(N)(=O)=O)s2)cc1. The third kappa shape index (κ3) is 3.93. The van der Waals surface area contributed by atoms with Crippen LogP contribution in [0.2, 0.25) is 0 Å². The lowest BCUT2D eigenvalue weighted by Gasteiger charge is -2.05. The molecular weight excluding hydrogens is 310 g/mol. The number of nitrogens with zero attached hydrogens (tertiary/aromatic N) is 2. The summed E-state index contributed by atoms with van der Waals surface area (Å²) in [5, 5.41) is 12.4. The van der Waals surface area contributed by atoms with Gasteiger partial charge in [0.15, 0.2) is 5.78 Å². The molecule has 0 bridgehead atoms. The molecule has 0 aliphatic carbocycles. The quantitative estimate of drug-likeness (QED) is 0.843. The number of hydrogen-bond donors (Lipinski definition) is 1. The van der Waals surface area contributed by atoms with E-state index in [2.05, 4.69) is 24.0 Å². The Kier molecular flexibility index (Phi) is 4.50. The van der Waals surface area contributed by atoms with E-state index in [1.54, 1.807) is 12.1 Å². The molecule has 0 amide bonds. The molecule has 1 aromatic carbocycles. The zero-order valence-electron chi connectivity index (χ0n) is 11.6. The number of nitrogens with two attached hydrogens (primary N) is 1. The standard InChI is InChI=1S/C13H15N3O3S2/c1-8(2)9-3-5-10(6-4-9)11(17)7-12-15-16-13(20-12)21(14,18)19/h3-6,8H,7H2,1-2H3,(H2,14,18,19). The van der Waals surface area contributed by atoms with E-state index in [0.717, 1.165) is 16.9 Å². The number of sulfonamides is 1. The number of ketones is 1. The van der Waals surface area contributed by atoms with Gasteiger partial charge in [0.05, 0.1) is 6.42 Å². The van der Waals surface area contributed by atoms with Gasteiger partial charge >= 0.3 is 0 Å². The van der Waals surface area contributed by atoms with E-state index >= 15 is 0 Å². The van der Waals surface area contributed by atoms with Gasteiger partial charge in [0.25, 0.3) is 10.0 Å². The Hall–Kier alpha value is -1.64. The second-order valence-corrected chi connectivity index (χ2v) is 7.68. The van der Waals surface area contributed by atoms with E-state index in [4.69, 9.17) is 5.14 Å². The average Bonchev–Trinajstić information content (AvgIpc) is 2.87. The van der Waals surface area contributed by atoms with Crippen molar-refractivity contribution in [1.29, 1.82) is 0 Å². The molecule has 0 aliphatic heterocycles. The van der Waals surface area contributed by atoms with Crippen LogP contribution in [0.5, 0.6) is 0 Å². The molecule has 21 heavy (non-hydrogen) atoms. The number of rotatable bonds is 5. The molecule has 112 valence electrons. The number of aromatic nitrogens is 2. The van der Waals surface area contributed by atoms with E-state index in [1.165, 1.54) is 0 Å². The van der Waals surface area contributed by atoms with Crippen LogP contribution < -0.4 is 5.14 Å². The lowest BCUT2D eigenvalue weighted by molar-refractivity contribution is 0.0992. The molecule has 0 saturated carbocycles. The second kappa shape index (κ2) is 6.00. The smallest absolute Gasteiger partial charge is 0.267 e. The normalized spacial score (nSPS) is 11.8. The van der Waals surface area contributed by atoms with Crippen LogP contribution in [-0.4, -0.2) is 24.4 Å². The number of primary sulfonamides is 1. The van der Waals surface area contributed by atoms with Gasteiger partial charge in [-0.05, 0) is 11.5 Å². The van der Waals surface area contributed by atoms with Crippen molar-refractivity contribution < 1.29 is 13.2 Å². The summed E-state index contributed by atoms with van der Waals surface area (Å²) in [7, 11) is -3.86. The second-order valence-electron chi connectivity index (χ2n) is 4.88. The van der Waals surface area contributed by atoms with Crippen LogP contribution in [0.25, 0.3) is 0 Å². The van der Waals surface area contributed by atoms with Crippen LogP contribution in [0.4, 0.5) is 0 Å². The molecule has 2 aromatic rings. The van der Waals surface area contributed by atoms with Crippen molar-refractivity contribution in [3.05, 3.63) is 40.4 Å². The van der Waals surface area contributed by atoms with E-state index in [9.17, 15) is 13.2 Å². The molecule has 1 heterocycles. The Bertz CT molecular complexity index is 749. The topological polar surface area (TPSA) is 103 Å². The van der Waals surface area contributed by atoms with Gasteiger partial charge in [-0.1, -0.05) is 49.4 Å². The Morgan fingerprint density at radius 3 is 2.33 bits per heavy atom.